The van der Waals surface area contributed by atoms with Gasteiger partial charge in [0.25, 0.3) is 5.22 Å². The summed E-state index contributed by atoms with van der Waals surface area (Å²) >= 11 is 1.32. The van der Waals surface area contributed by atoms with Gasteiger partial charge in [0.05, 0.1) is 0 Å². The minimum atomic E-state index is -0.108. The van der Waals surface area contributed by atoms with Gasteiger partial charge in [0, 0.05) is 43.1 Å². The Hall–Kier alpha value is -2.22. The number of nitrogens with zero attached hydrogens (tertiary/aromatic N) is 4. The van der Waals surface area contributed by atoms with Gasteiger partial charge in [-0.2, -0.15) is 0 Å². The number of carbonyl (C=O) groups is 2. The Balaban J connectivity index is 1.56. The maximum atomic E-state index is 11.5. The van der Waals surface area contributed by atoms with Crippen LogP contribution in [-0.2, 0) is 9.59 Å². The van der Waals surface area contributed by atoms with Gasteiger partial charge < -0.3 is 4.42 Å². The molecule has 1 aliphatic heterocycles. The first-order valence-electron chi connectivity index (χ1n) is 6.44. The molecule has 1 fully saturated rings. The number of hydrogen-bond donors (Lipinski definition) is 0. The number of aromatic nitrogens is 3. The molecule has 0 aromatic carbocycles. The van der Waals surface area contributed by atoms with E-state index in [0.717, 1.165) is 5.56 Å². The molecule has 3 rings (SSSR count). The highest BCUT2D eigenvalue weighted by Gasteiger charge is 2.28. The summed E-state index contributed by atoms with van der Waals surface area (Å²) in [6, 6.07) is 3.56. The van der Waals surface area contributed by atoms with Gasteiger partial charge in [-0.05, 0) is 12.1 Å². The zero-order chi connectivity index (χ0) is 14.7. The van der Waals surface area contributed by atoms with E-state index in [-0.39, 0.29) is 11.8 Å². The Morgan fingerprint density at radius 3 is 2.57 bits per heavy atom. The predicted molar refractivity (Wildman–Crippen MR) is 74.2 cm³/mol. The topological polar surface area (TPSA) is 89.2 Å². The second-order valence-corrected chi connectivity index (χ2v) is 5.44. The average molecular weight is 304 g/mol. The standard InChI is InChI=1S/C13H12N4O3S/c18-10-1-2-11(19)17(10)7-8-21-13-16-15-12(20-13)9-3-5-14-6-4-9/h3-6H,1-2,7-8H2. The zero-order valence-electron chi connectivity index (χ0n) is 11.1. The van der Waals surface area contributed by atoms with E-state index >= 15 is 0 Å². The van der Waals surface area contributed by atoms with Crippen molar-refractivity contribution in [1.82, 2.24) is 20.1 Å². The van der Waals surface area contributed by atoms with E-state index in [1.165, 1.54) is 16.7 Å². The number of rotatable bonds is 5. The Bertz CT molecular complexity index is 642. The smallest absolute Gasteiger partial charge is 0.276 e. The van der Waals surface area contributed by atoms with Crippen molar-refractivity contribution in [2.45, 2.75) is 18.1 Å². The van der Waals surface area contributed by atoms with Crippen molar-refractivity contribution < 1.29 is 14.0 Å². The van der Waals surface area contributed by atoms with Crippen LogP contribution in [-0.4, -0.2) is 44.2 Å². The van der Waals surface area contributed by atoms with Crippen LogP contribution in [0.2, 0.25) is 0 Å². The van der Waals surface area contributed by atoms with Crippen LogP contribution in [0.1, 0.15) is 12.8 Å². The third-order valence-corrected chi connectivity index (χ3v) is 3.83. The Kier molecular flexibility index (Phi) is 3.96. The van der Waals surface area contributed by atoms with Gasteiger partial charge in [-0.1, -0.05) is 11.8 Å². The lowest BCUT2D eigenvalue weighted by atomic mass is 10.3. The van der Waals surface area contributed by atoms with Crippen LogP contribution in [0.25, 0.3) is 11.5 Å². The second kappa shape index (κ2) is 6.04. The van der Waals surface area contributed by atoms with Gasteiger partial charge >= 0.3 is 0 Å². The Morgan fingerprint density at radius 2 is 1.86 bits per heavy atom. The van der Waals surface area contributed by atoms with Gasteiger partial charge in [-0.3, -0.25) is 19.5 Å². The molecule has 8 heteroatoms. The molecule has 108 valence electrons. The summed E-state index contributed by atoms with van der Waals surface area (Å²) in [7, 11) is 0. The zero-order valence-corrected chi connectivity index (χ0v) is 11.9. The fourth-order valence-electron chi connectivity index (χ4n) is 1.98. The number of thioether (sulfide) groups is 1. The third-order valence-electron chi connectivity index (χ3n) is 3.03. The van der Waals surface area contributed by atoms with Gasteiger partial charge in [0.1, 0.15) is 0 Å². The lowest BCUT2D eigenvalue weighted by Gasteiger charge is -2.11. The fourth-order valence-corrected chi connectivity index (χ4v) is 2.66. The first kappa shape index (κ1) is 13.7. The highest BCUT2D eigenvalue weighted by atomic mass is 32.2. The van der Waals surface area contributed by atoms with Crippen molar-refractivity contribution in [2.75, 3.05) is 12.3 Å². The second-order valence-electron chi connectivity index (χ2n) is 4.40. The Labute approximate surface area is 124 Å². The van der Waals surface area contributed by atoms with Gasteiger partial charge in [0.2, 0.25) is 17.7 Å². The maximum Gasteiger partial charge on any atom is 0.276 e. The quantitative estimate of drug-likeness (QED) is 0.608. The van der Waals surface area contributed by atoms with Crippen molar-refractivity contribution in [3.63, 3.8) is 0 Å². The molecule has 1 aliphatic rings. The number of hydrogen-bond acceptors (Lipinski definition) is 7. The minimum Gasteiger partial charge on any atom is -0.411 e. The number of pyridine rings is 1. The molecule has 0 unspecified atom stereocenters. The van der Waals surface area contributed by atoms with Crippen LogP contribution in [0.3, 0.4) is 0 Å². The van der Waals surface area contributed by atoms with Crippen LogP contribution in [0.4, 0.5) is 0 Å². The number of carbonyl (C=O) groups excluding carboxylic acids is 2. The molecular weight excluding hydrogens is 292 g/mol. The summed E-state index contributed by atoms with van der Waals surface area (Å²) in [6.45, 7) is 0.370. The maximum absolute atomic E-state index is 11.5. The molecule has 0 bridgehead atoms. The van der Waals surface area contributed by atoms with Crippen LogP contribution in [0.15, 0.2) is 34.2 Å². The van der Waals surface area contributed by atoms with E-state index in [9.17, 15) is 9.59 Å². The largest absolute Gasteiger partial charge is 0.411 e. The number of amides is 2. The molecule has 2 aromatic heterocycles. The van der Waals surface area contributed by atoms with E-state index in [0.29, 0.717) is 36.3 Å². The Morgan fingerprint density at radius 1 is 1.14 bits per heavy atom. The molecule has 7 nitrogen and oxygen atoms in total. The monoisotopic (exact) mass is 304 g/mol. The SMILES string of the molecule is O=C1CCC(=O)N1CCSc1nnc(-c2ccncc2)o1. The summed E-state index contributed by atoms with van der Waals surface area (Å²) in [5.41, 5.74) is 0.800. The van der Waals surface area contributed by atoms with Crippen molar-refractivity contribution >= 4 is 23.6 Å². The molecule has 0 spiro atoms. The summed E-state index contributed by atoms with van der Waals surface area (Å²) in [4.78, 5) is 28.1. The van der Waals surface area contributed by atoms with Crippen molar-refractivity contribution in [1.29, 1.82) is 0 Å². The van der Waals surface area contributed by atoms with Crippen LogP contribution < -0.4 is 0 Å². The van der Waals surface area contributed by atoms with Crippen LogP contribution in [0, 0.1) is 0 Å². The summed E-state index contributed by atoms with van der Waals surface area (Å²) in [5, 5.41) is 8.30. The fraction of sp³-hybridized carbons (Fsp3) is 0.308. The molecule has 3 heterocycles. The molecule has 2 amide bonds. The highest BCUT2D eigenvalue weighted by molar-refractivity contribution is 7.99. The van der Waals surface area contributed by atoms with E-state index in [4.69, 9.17) is 4.42 Å². The molecule has 0 radical (unpaired) electrons. The summed E-state index contributed by atoms with van der Waals surface area (Å²) < 4.78 is 5.51. The number of likely N-dealkylation sites (tertiary alicyclic amines) is 1. The first-order valence-corrected chi connectivity index (χ1v) is 7.42. The number of imide groups is 1. The van der Waals surface area contributed by atoms with E-state index in [1.807, 2.05) is 0 Å². The van der Waals surface area contributed by atoms with Crippen molar-refractivity contribution in [3.8, 4) is 11.5 Å². The lowest BCUT2D eigenvalue weighted by Crippen LogP contribution is -2.31. The molecule has 0 saturated carbocycles. The molecule has 1 saturated heterocycles. The molecule has 0 N–H and O–H groups in total. The van der Waals surface area contributed by atoms with Gasteiger partial charge in [-0.15, -0.1) is 10.2 Å². The van der Waals surface area contributed by atoms with E-state index < -0.39 is 0 Å². The van der Waals surface area contributed by atoms with Gasteiger partial charge in [0.15, 0.2) is 0 Å². The van der Waals surface area contributed by atoms with Gasteiger partial charge in [-0.25, -0.2) is 0 Å². The molecule has 21 heavy (non-hydrogen) atoms. The third kappa shape index (κ3) is 3.10. The highest BCUT2D eigenvalue weighted by Crippen LogP contribution is 2.23. The van der Waals surface area contributed by atoms with E-state index in [1.54, 1.807) is 24.5 Å². The van der Waals surface area contributed by atoms with Crippen LogP contribution in [0.5, 0.6) is 0 Å². The predicted octanol–water partition coefficient (Wildman–Crippen LogP) is 1.37. The normalized spacial score (nSPS) is 15.0. The average Bonchev–Trinajstić information content (AvgIpc) is 3.10. The molecule has 2 aromatic rings. The van der Waals surface area contributed by atoms with Crippen molar-refractivity contribution in [3.05, 3.63) is 24.5 Å². The van der Waals surface area contributed by atoms with Crippen LogP contribution >= 0.6 is 11.8 Å². The first-order chi connectivity index (χ1) is 10.2. The minimum absolute atomic E-state index is 0.108. The molecule has 0 aliphatic carbocycles. The lowest BCUT2D eigenvalue weighted by molar-refractivity contribution is -0.137. The summed E-state index contributed by atoms with van der Waals surface area (Å²) in [6.07, 6.45) is 3.93. The molecule has 0 atom stereocenters. The molecular formula is C13H12N4O3S. The van der Waals surface area contributed by atoms with E-state index in [2.05, 4.69) is 15.2 Å². The summed E-state index contributed by atoms with van der Waals surface area (Å²) in [5.74, 6) is 0.746. The van der Waals surface area contributed by atoms with Crippen molar-refractivity contribution in [2.24, 2.45) is 0 Å².